The van der Waals surface area contributed by atoms with Crippen molar-refractivity contribution >= 4 is 62.2 Å². The van der Waals surface area contributed by atoms with Crippen LogP contribution in [0.4, 0.5) is 11.4 Å². The second kappa shape index (κ2) is 11.0. The maximum Gasteiger partial charge on any atom is 0.258 e. The third-order valence-corrected chi connectivity index (χ3v) is 7.70. The maximum absolute atomic E-state index is 13.2. The van der Waals surface area contributed by atoms with E-state index >= 15 is 0 Å². The molecule has 4 N–H and O–H groups in total. The van der Waals surface area contributed by atoms with Crippen LogP contribution in [-0.2, 0) is 14.8 Å². The molecule has 3 rings (SSSR count). The molecule has 1 heterocycles. The lowest BCUT2D eigenvalue weighted by atomic mass is 10.2. The number of methoxy groups -OCH3 is 1. The van der Waals surface area contributed by atoms with Gasteiger partial charge in [0.2, 0.25) is 5.96 Å². The van der Waals surface area contributed by atoms with Crippen molar-refractivity contribution in [1.82, 2.24) is 9.84 Å². The summed E-state index contributed by atoms with van der Waals surface area (Å²) in [6.07, 6.45) is 3.26. The molecule has 14 heteroatoms. The molecule has 1 atom stereocenters. The van der Waals surface area contributed by atoms with Crippen molar-refractivity contribution in [3.8, 4) is 11.9 Å². The van der Waals surface area contributed by atoms with Crippen LogP contribution in [0.25, 0.3) is 0 Å². The lowest BCUT2D eigenvalue weighted by Gasteiger charge is -2.25. The Labute approximate surface area is 212 Å². The Bertz CT molecular complexity index is 1250. The van der Waals surface area contributed by atoms with Crippen LogP contribution in [0, 0.1) is 11.5 Å². The van der Waals surface area contributed by atoms with E-state index in [4.69, 9.17) is 45.3 Å². The van der Waals surface area contributed by atoms with Crippen molar-refractivity contribution in [2.75, 3.05) is 25.2 Å². The summed E-state index contributed by atoms with van der Waals surface area (Å²) in [5.74, 6) is -1.17. The van der Waals surface area contributed by atoms with E-state index in [0.29, 0.717) is 13.2 Å². The van der Waals surface area contributed by atoms with Gasteiger partial charge in [-0.25, -0.2) is 23.3 Å². The first-order chi connectivity index (χ1) is 16.1. The minimum atomic E-state index is -4.33. The zero-order valence-corrected chi connectivity index (χ0v) is 21.0. The highest BCUT2D eigenvalue weighted by Crippen LogP contribution is 2.39. The van der Waals surface area contributed by atoms with Gasteiger partial charge in [-0.1, -0.05) is 40.9 Å². The number of sulfonamides is 1. The van der Waals surface area contributed by atoms with Gasteiger partial charge >= 0.3 is 0 Å². The van der Waals surface area contributed by atoms with Gasteiger partial charge in [-0.2, -0.15) is 5.26 Å². The lowest BCUT2D eigenvalue weighted by molar-refractivity contribution is 0.104. The van der Waals surface area contributed by atoms with Gasteiger partial charge in [0, 0.05) is 19.7 Å². The molecule has 0 bridgehead atoms. The quantitative estimate of drug-likeness (QED) is 0.206. The van der Waals surface area contributed by atoms with E-state index < -0.39 is 20.7 Å². The van der Waals surface area contributed by atoms with Gasteiger partial charge < -0.3 is 15.6 Å². The largest absolute Gasteiger partial charge is 0.504 e. The molecule has 0 spiro atoms. The number of guanidine groups is 1. The van der Waals surface area contributed by atoms with Crippen LogP contribution < -0.4 is 15.5 Å². The number of nitrogens with one attached hydrogen (secondary N) is 1. The number of benzene rings is 2. The molecule has 2 aromatic rings. The van der Waals surface area contributed by atoms with Gasteiger partial charge in [0.1, 0.15) is 10.6 Å². The molecule has 34 heavy (non-hydrogen) atoms. The molecule has 0 saturated carbocycles. The van der Waals surface area contributed by atoms with Crippen molar-refractivity contribution in [2.45, 2.75) is 23.8 Å². The topological polar surface area (TPSA) is 144 Å². The third-order valence-electron chi connectivity index (χ3n) is 5.04. The summed E-state index contributed by atoms with van der Waals surface area (Å²) in [7, 11) is -2.81. The lowest BCUT2D eigenvalue weighted by Crippen LogP contribution is -2.46. The van der Waals surface area contributed by atoms with Crippen molar-refractivity contribution in [2.24, 2.45) is 10.7 Å². The first kappa shape index (κ1) is 26.3. The van der Waals surface area contributed by atoms with E-state index in [-0.39, 0.29) is 38.4 Å². The van der Waals surface area contributed by atoms with Crippen molar-refractivity contribution in [1.29, 1.82) is 5.26 Å². The Morgan fingerprint density at radius 2 is 2.09 bits per heavy atom. The van der Waals surface area contributed by atoms with Crippen molar-refractivity contribution in [3.63, 3.8) is 0 Å². The summed E-state index contributed by atoms with van der Waals surface area (Å²) >= 11 is 18.2. The highest BCUT2D eigenvalue weighted by molar-refractivity contribution is 7.89. The molecular weight excluding hydrogens is 527 g/mol. The van der Waals surface area contributed by atoms with Crippen LogP contribution in [0.15, 0.2) is 40.2 Å². The molecule has 0 aliphatic carbocycles. The van der Waals surface area contributed by atoms with Gasteiger partial charge in [-0.05, 0) is 37.1 Å². The number of nitriles is 1. The van der Waals surface area contributed by atoms with Crippen LogP contribution in [0.1, 0.15) is 12.8 Å². The average Bonchev–Trinajstić information content (AvgIpc) is 3.19. The summed E-state index contributed by atoms with van der Waals surface area (Å²) in [6.45, 7) is 0.777. The number of hydrazine groups is 1. The van der Waals surface area contributed by atoms with Crippen LogP contribution in [0.3, 0.4) is 0 Å². The predicted octanol–water partition coefficient (Wildman–Crippen LogP) is 3.59. The fourth-order valence-corrected chi connectivity index (χ4v) is 5.59. The van der Waals surface area contributed by atoms with Gasteiger partial charge in [-0.3, -0.25) is 0 Å². The van der Waals surface area contributed by atoms with Gasteiger partial charge in [0.05, 0.1) is 27.4 Å². The number of nitrogens with zero attached hydrogens (tertiary/aromatic N) is 4. The van der Waals surface area contributed by atoms with Gasteiger partial charge in [0.15, 0.2) is 11.9 Å². The second-order valence-corrected chi connectivity index (χ2v) is 10.1. The number of ether oxygens (including phenoxy) is 1. The normalized spacial score (nSPS) is 17.0. The molecule has 10 nitrogen and oxygen atoms in total. The standard InChI is InChI=1S/C20H21Cl3N6O4S/c1-33-10-12-4-3-9-29(12)27-34(31,32)19-14(22)7-8-16(18(19)30)28(11-24)20(25)26-15-6-2-5-13(21)17(15)23/h2,5-8,12,27,30H,3-4,9-10H2,1H3,(H2,25,26)/t12-/m1/s1. The Morgan fingerprint density at radius 1 is 1.35 bits per heavy atom. The number of anilines is 1. The molecule has 0 aromatic heterocycles. The number of phenolic OH excluding ortho intramolecular Hbond substituents is 1. The maximum atomic E-state index is 13.2. The van der Waals surface area contributed by atoms with Crippen LogP contribution in [0.5, 0.6) is 5.75 Å². The Hall–Kier alpha value is -2.30. The minimum Gasteiger partial charge on any atom is -0.504 e. The number of aromatic hydroxyl groups is 1. The Morgan fingerprint density at radius 3 is 2.76 bits per heavy atom. The zero-order valence-electron chi connectivity index (χ0n) is 17.9. The summed E-state index contributed by atoms with van der Waals surface area (Å²) in [4.78, 5) is 6.66. The van der Waals surface area contributed by atoms with E-state index in [1.165, 1.54) is 30.3 Å². The fourth-order valence-electron chi connectivity index (χ4n) is 3.47. The Kier molecular flexibility index (Phi) is 8.48. The summed E-state index contributed by atoms with van der Waals surface area (Å²) in [5.41, 5.74) is 5.91. The van der Waals surface area contributed by atoms with Crippen molar-refractivity contribution < 1.29 is 18.3 Å². The van der Waals surface area contributed by atoms with Crippen LogP contribution in [-0.4, -0.2) is 50.8 Å². The summed E-state index contributed by atoms with van der Waals surface area (Å²) < 4.78 is 31.4. The van der Waals surface area contributed by atoms with Crippen LogP contribution in [0.2, 0.25) is 15.1 Å². The second-order valence-electron chi connectivity index (χ2n) is 7.26. The van der Waals surface area contributed by atoms with E-state index in [9.17, 15) is 18.8 Å². The summed E-state index contributed by atoms with van der Waals surface area (Å²) in [6, 6.07) is 6.95. The van der Waals surface area contributed by atoms with E-state index in [2.05, 4.69) is 9.82 Å². The molecular formula is C20H21Cl3N6O4S. The van der Waals surface area contributed by atoms with Crippen LogP contribution >= 0.6 is 34.8 Å². The first-order valence-corrected chi connectivity index (χ1v) is 12.5. The molecule has 1 aliphatic heterocycles. The highest BCUT2D eigenvalue weighted by atomic mass is 35.5. The third kappa shape index (κ3) is 5.50. The minimum absolute atomic E-state index is 0.106. The molecule has 1 fully saturated rings. The van der Waals surface area contributed by atoms with Crippen molar-refractivity contribution in [3.05, 3.63) is 45.4 Å². The van der Waals surface area contributed by atoms with Gasteiger partial charge in [-0.15, -0.1) is 4.83 Å². The number of hydrogen-bond donors (Lipinski definition) is 3. The number of halogens is 3. The zero-order chi connectivity index (χ0) is 25.0. The Balaban J connectivity index is 2.00. The van der Waals surface area contributed by atoms with E-state index in [0.717, 1.165) is 17.7 Å². The molecule has 0 amide bonds. The first-order valence-electron chi connectivity index (χ1n) is 9.88. The molecule has 2 aromatic carbocycles. The number of hydrogen-bond acceptors (Lipinski definition) is 7. The molecule has 182 valence electrons. The fraction of sp³-hybridized carbons (Fsp3) is 0.300. The number of nitrogens with two attached hydrogens (primary N) is 1. The predicted molar refractivity (Wildman–Crippen MR) is 131 cm³/mol. The smallest absolute Gasteiger partial charge is 0.258 e. The molecule has 0 radical (unpaired) electrons. The molecule has 1 aliphatic rings. The van der Waals surface area contributed by atoms with E-state index in [1.54, 1.807) is 18.3 Å². The average molecular weight is 548 g/mol. The highest BCUT2D eigenvalue weighted by Gasteiger charge is 2.33. The number of aliphatic imine (C=N–C) groups is 1. The SMILES string of the molecule is COC[C@H]1CCCN1NS(=O)(=O)c1c(Cl)ccc(N(C#N)C(N)=Nc2cccc(Cl)c2Cl)c1O. The number of phenols is 1. The van der Waals surface area contributed by atoms with E-state index in [1.807, 2.05) is 0 Å². The molecule has 0 unspecified atom stereocenters. The summed E-state index contributed by atoms with van der Waals surface area (Å²) in [5, 5.41) is 22.1. The monoisotopic (exact) mass is 546 g/mol. The molecule has 1 saturated heterocycles. The number of rotatable bonds is 7. The van der Waals surface area contributed by atoms with Gasteiger partial charge in [0.25, 0.3) is 10.0 Å².